The Morgan fingerprint density at radius 2 is 1.93 bits per heavy atom. The van der Waals surface area contributed by atoms with Crippen molar-refractivity contribution in [3.8, 4) is 0 Å². The van der Waals surface area contributed by atoms with Crippen LogP contribution in [0.3, 0.4) is 0 Å². The molecule has 0 radical (unpaired) electrons. The second-order valence-electron chi connectivity index (χ2n) is 6.26. The van der Waals surface area contributed by atoms with Gasteiger partial charge in [0.25, 0.3) is 11.6 Å². The van der Waals surface area contributed by atoms with Crippen molar-refractivity contribution in [2.45, 2.75) is 13.0 Å². The molecule has 0 aliphatic heterocycles. The minimum atomic E-state index is -0.566. The van der Waals surface area contributed by atoms with Crippen LogP contribution in [0.15, 0.2) is 60.7 Å². The molecule has 1 amide bonds. The van der Waals surface area contributed by atoms with Crippen LogP contribution in [0.2, 0.25) is 5.02 Å². The molecular formula is C20H19ClN3O3+. The Morgan fingerprint density at radius 1 is 1.19 bits per heavy atom. The average molecular weight is 385 g/mol. The van der Waals surface area contributed by atoms with Crippen molar-refractivity contribution in [2.75, 3.05) is 11.9 Å². The van der Waals surface area contributed by atoms with E-state index < -0.39 is 4.92 Å². The van der Waals surface area contributed by atoms with Crippen molar-refractivity contribution in [1.82, 2.24) is 0 Å². The fourth-order valence-corrected chi connectivity index (χ4v) is 3.19. The molecule has 3 N–H and O–H groups in total. The van der Waals surface area contributed by atoms with Crippen molar-refractivity contribution in [3.63, 3.8) is 0 Å². The van der Waals surface area contributed by atoms with Crippen molar-refractivity contribution in [2.24, 2.45) is 0 Å². The molecule has 7 heteroatoms. The van der Waals surface area contributed by atoms with Gasteiger partial charge in [-0.3, -0.25) is 14.9 Å². The number of nitrogens with two attached hydrogens (primary N) is 1. The summed E-state index contributed by atoms with van der Waals surface area (Å²) in [6.07, 6.45) is 0. The molecule has 3 rings (SSSR count). The van der Waals surface area contributed by atoms with Crippen LogP contribution in [0, 0.1) is 10.1 Å². The van der Waals surface area contributed by atoms with Crippen molar-refractivity contribution in [1.29, 1.82) is 0 Å². The summed E-state index contributed by atoms with van der Waals surface area (Å²) >= 11 is 5.79. The summed E-state index contributed by atoms with van der Waals surface area (Å²) in [6, 6.07) is 18.4. The van der Waals surface area contributed by atoms with E-state index in [0.29, 0.717) is 0 Å². The zero-order chi connectivity index (χ0) is 19.4. The number of amides is 1. The minimum absolute atomic E-state index is 0.0575. The third-order valence-corrected chi connectivity index (χ3v) is 4.64. The highest BCUT2D eigenvalue weighted by atomic mass is 35.5. The fourth-order valence-electron chi connectivity index (χ4n) is 3.02. The molecule has 0 saturated carbocycles. The zero-order valence-electron chi connectivity index (χ0n) is 14.7. The van der Waals surface area contributed by atoms with Crippen LogP contribution in [0.5, 0.6) is 0 Å². The van der Waals surface area contributed by atoms with Crippen LogP contribution in [0.1, 0.15) is 18.5 Å². The maximum absolute atomic E-state index is 12.3. The topological polar surface area (TPSA) is 88.8 Å². The van der Waals surface area contributed by atoms with E-state index in [-0.39, 0.29) is 34.9 Å². The van der Waals surface area contributed by atoms with Crippen molar-refractivity contribution >= 4 is 39.7 Å². The number of fused-ring (bicyclic) bond motifs is 1. The first-order chi connectivity index (χ1) is 13.0. The van der Waals surface area contributed by atoms with Gasteiger partial charge in [-0.05, 0) is 29.8 Å². The summed E-state index contributed by atoms with van der Waals surface area (Å²) < 4.78 is 0. The number of hydrogen-bond donors (Lipinski definition) is 2. The molecule has 0 fully saturated rings. The molecule has 138 valence electrons. The average Bonchev–Trinajstić information content (AvgIpc) is 2.67. The first-order valence-electron chi connectivity index (χ1n) is 8.50. The molecule has 3 aromatic rings. The van der Waals surface area contributed by atoms with E-state index in [0.717, 1.165) is 16.3 Å². The minimum Gasteiger partial charge on any atom is -0.332 e. The normalized spacial score (nSPS) is 11.9. The Kier molecular flexibility index (Phi) is 5.69. The van der Waals surface area contributed by atoms with Crippen LogP contribution < -0.4 is 10.6 Å². The molecule has 0 spiro atoms. The van der Waals surface area contributed by atoms with Crippen LogP contribution >= 0.6 is 11.6 Å². The molecule has 3 aromatic carbocycles. The Hall–Kier alpha value is -2.96. The van der Waals surface area contributed by atoms with Gasteiger partial charge in [0.15, 0.2) is 6.54 Å². The Labute approximate surface area is 161 Å². The molecule has 0 saturated heterocycles. The standard InChI is InChI=1S/C20H18ClN3O3/c1-13(16-8-4-6-14-5-2-3-7-17(14)16)22-12-20(25)23-18-10-9-15(21)11-19(18)24(26)27/h2-11,13,22H,12H2,1H3,(H,23,25)/p+1/t13-/m0/s1. The monoisotopic (exact) mass is 384 g/mol. The second-order valence-corrected chi connectivity index (χ2v) is 6.70. The number of nitro groups is 1. The van der Waals surface area contributed by atoms with Crippen LogP contribution in [-0.2, 0) is 4.79 Å². The zero-order valence-corrected chi connectivity index (χ0v) is 15.4. The van der Waals surface area contributed by atoms with E-state index in [1.54, 1.807) is 0 Å². The highest BCUT2D eigenvalue weighted by Gasteiger charge is 2.18. The lowest BCUT2D eigenvalue weighted by Gasteiger charge is -2.14. The fraction of sp³-hybridized carbons (Fsp3) is 0.150. The van der Waals surface area contributed by atoms with Crippen molar-refractivity contribution in [3.05, 3.63) is 81.4 Å². The molecule has 0 aromatic heterocycles. The summed E-state index contributed by atoms with van der Waals surface area (Å²) in [7, 11) is 0. The van der Waals surface area contributed by atoms with E-state index in [9.17, 15) is 14.9 Å². The number of carbonyl (C=O) groups is 1. The first-order valence-corrected chi connectivity index (χ1v) is 8.88. The number of benzene rings is 3. The maximum Gasteiger partial charge on any atom is 0.294 e. The first kappa shape index (κ1) is 18.8. The lowest BCUT2D eigenvalue weighted by atomic mass is 10.00. The predicted molar refractivity (Wildman–Crippen MR) is 106 cm³/mol. The molecule has 0 unspecified atom stereocenters. The van der Waals surface area contributed by atoms with Crippen molar-refractivity contribution < 1.29 is 15.0 Å². The second kappa shape index (κ2) is 8.16. The number of hydrogen-bond acceptors (Lipinski definition) is 3. The molecular weight excluding hydrogens is 366 g/mol. The van der Waals surface area contributed by atoms with E-state index in [1.165, 1.54) is 18.2 Å². The number of halogens is 1. The Bertz CT molecular complexity index is 1000. The quantitative estimate of drug-likeness (QED) is 0.502. The van der Waals surface area contributed by atoms with Gasteiger partial charge in [0, 0.05) is 16.7 Å². The van der Waals surface area contributed by atoms with Gasteiger partial charge in [-0.1, -0.05) is 54.1 Å². The number of nitrogens with zero attached hydrogens (tertiary/aromatic N) is 1. The molecule has 1 atom stereocenters. The van der Waals surface area contributed by atoms with E-state index in [1.807, 2.05) is 36.5 Å². The third-order valence-electron chi connectivity index (χ3n) is 4.40. The Morgan fingerprint density at radius 3 is 2.70 bits per heavy atom. The summed E-state index contributed by atoms with van der Waals surface area (Å²) in [6.45, 7) is 2.17. The molecule has 27 heavy (non-hydrogen) atoms. The van der Waals surface area contributed by atoms with Crippen LogP contribution in [0.25, 0.3) is 10.8 Å². The number of rotatable bonds is 6. The summed E-state index contributed by atoms with van der Waals surface area (Å²) in [5.74, 6) is -0.312. The SMILES string of the molecule is C[C@H]([NH2+]CC(=O)Nc1ccc(Cl)cc1[N+](=O)[O-])c1cccc2ccccc12. The largest absolute Gasteiger partial charge is 0.332 e. The van der Waals surface area contributed by atoms with Gasteiger partial charge in [-0.15, -0.1) is 0 Å². The van der Waals surface area contributed by atoms with Gasteiger partial charge >= 0.3 is 0 Å². The van der Waals surface area contributed by atoms with Gasteiger partial charge in [0.05, 0.1) is 4.92 Å². The number of nitrogens with one attached hydrogen (secondary N) is 1. The summed E-state index contributed by atoms with van der Waals surface area (Å²) in [4.78, 5) is 22.8. The number of carbonyl (C=O) groups excluding carboxylic acids is 1. The lowest BCUT2D eigenvalue weighted by molar-refractivity contribution is -0.682. The lowest BCUT2D eigenvalue weighted by Crippen LogP contribution is -2.86. The van der Waals surface area contributed by atoms with Crippen LogP contribution in [-0.4, -0.2) is 17.4 Å². The van der Waals surface area contributed by atoms with Crippen LogP contribution in [0.4, 0.5) is 11.4 Å². The highest BCUT2D eigenvalue weighted by Crippen LogP contribution is 2.27. The summed E-state index contributed by atoms with van der Waals surface area (Å²) in [5.41, 5.74) is 1.05. The van der Waals surface area contributed by atoms with E-state index >= 15 is 0 Å². The number of anilines is 1. The van der Waals surface area contributed by atoms with Gasteiger partial charge in [0.2, 0.25) is 0 Å². The third kappa shape index (κ3) is 4.42. The number of nitro benzene ring substituents is 1. The highest BCUT2D eigenvalue weighted by molar-refractivity contribution is 6.31. The maximum atomic E-state index is 12.3. The Balaban J connectivity index is 1.68. The molecule has 0 aliphatic rings. The van der Waals surface area contributed by atoms with E-state index in [4.69, 9.17) is 11.6 Å². The molecule has 0 aliphatic carbocycles. The summed E-state index contributed by atoms with van der Waals surface area (Å²) in [5, 5.41) is 18.2. The molecule has 6 nitrogen and oxygen atoms in total. The predicted octanol–water partition coefficient (Wildman–Crippen LogP) is 3.66. The van der Waals surface area contributed by atoms with Gasteiger partial charge in [-0.25, -0.2) is 0 Å². The smallest absolute Gasteiger partial charge is 0.294 e. The van der Waals surface area contributed by atoms with Gasteiger partial charge in [-0.2, -0.15) is 0 Å². The molecule has 0 bridgehead atoms. The van der Waals surface area contributed by atoms with Gasteiger partial charge in [0.1, 0.15) is 11.7 Å². The number of quaternary nitrogens is 1. The van der Waals surface area contributed by atoms with Gasteiger partial charge < -0.3 is 10.6 Å². The van der Waals surface area contributed by atoms with E-state index in [2.05, 4.69) is 23.5 Å². The molecule has 0 heterocycles.